The van der Waals surface area contributed by atoms with E-state index in [1.54, 1.807) is 0 Å². The van der Waals surface area contributed by atoms with Crippen LogP contribution >= 0.6 is 0 Å². The highest BCUT2D eigenvalue weighted by Crippen LogP contribution is 2.17. The predicted octanol–water partition coefficient (Wildman–Crippen LogP) is 0.687. The number of amides is 1. The van der Waals surface area contributed by atoms with Gasteiger partial charge < -0.3 is 15.7 Å². The third-order valence-electron chi connectivity index (χ3n) is 3.36. The molecule has 0 aromatic rings. The molecule has 1 rings (SSSR count). The van der Waals surface area contributed by atoms with Crippen molar-refractivity contribution in [1.82, 2.24) is 4.90 Å². The lowest BCUT2D eigenvalue weighted by molar-refractivity contribution is -0.192. The first kappa shape index (κ1) is 20.9. The third kappa shape index (κ3) is 6.23. The Morgan fingerprint density at radius 2 is 2.00 bits per heavy atom. The zero-order valence-electron chi connectivity index (χ0n) is 12.6. The number of hydrogen-bond acceptors (Lipinski definition) is 5. The van der Waals surface area contributed by atoms with E-state index in [4.69, 9.17) is 20.9 Å². The van der Waals surface area contributed by atoms with E-state index >= 15 is 0 Å². The Labute approximate surface area is 130 Å². The van der Waals surface area contributed by atoms with Crippen molar-refractivity contribution in [2.75, 3.05) is 6.54 Å². The van der Waals surface area contributed by atoms with Crippen molar-refractivity contribution in [3.05, 3.63) is 0 Å². The number of nitrogens with two attached hydrogens (primary N) is 1. The molecule has 1 aliphatic rings. The standard InChI is InChI=1S/C11H17N3O2.C2HF3O2/c1-3-7(2)10(13)11(16)14-6-9(15)4-8(14)5-12;3-2(4,5)1(6)7/h7-8,10H,3-4,6,13H2,1-2H3;(H,6,7)/t7-,8-,10-;/m0./s1. The number of alkyl halides is 3. The maximum atomic E-state index is 12.0. The maximum Gasteiger partial charge on any atom is 0.490 e. The molecule has 0 bridgehead atoms. The lowest BCUT2D eigenvalue weighted by Crippen LogP contribution is -2.48. The minimum absolute atomic E-state index is 0.0290. The molecule has 10 heteroatoms. The summed E-state index contributed by atoms with van der Waals surface area (Å²) in [6.45, 7) is 3.87. The molecule has 0 radical (unpaired) electrons. The van der Waals surface area contributed by atoms with Crippen LogP contribution in [-0.2, 0) is 14.4 Å². The first-order valence-electron chi connectivity index (χ1n) is 6.73. The second kappa shape index (κ2) is 8.47. The summed E-state index contributed by atoms with van der Waals surface area (Å²) < 4.78 is 31.7. The van der Waals surface area contributed by atoms with E-state index in [9.17, 15) is 22.8 Å². The van der Waals surface area contributed by atoms with Gasteiger partial charge >= 0.3 is 12.1 Å². The number of halogens is 3. The van der Waals surface area contributed by atoms with E-state index in [1.165, 1.54) is 4.90 Å². The van der Waals surface area contributed by atoms with Crippen LogP contribution in [0.2, 0.25) is 0 Å². The van der Waals surface area contributed by atoms with Gasteiger partial charge in [0.25, 0.3) is 0 Å². The second-order valence-electron chi connectivity index (χ2n) is 5.07. The molecule has 0 unspecified atom stereocenters. The van der Waals surface area contributed by atoms with Crippen molar-refractivity contribution in [3.8, 4) is 6.07 Å². The highest BCUT2D eigenvalue weighted by Gasteiger charge is 2.38. The van der Waals surface area contributed by atoms with Crippen molar-refractivity contribution >= 4 is 17.7 Å². The summed E-state index contributed by atoms with van der Waals surface area (Å²) in [5.74, 6) is -3.06. The Morgan fingerprint density at radius 3 is 2.35 bits per heavy atom. The molecule has 3 atom stereocenters. The molecule has 0 aromatic heterocycles. The number of carbonyl (C=O) groups excluding carboxylic acids is 2. The van der Waals surface area contributed by atoms with E-state index in [2.05, 4.69) is 0 Å². The summed E-state index contributed by atoms with van der Waals surface area (Å²) in [5.41, 5.74) is 5.80. The molecule has 23 heavy (non-hydrogen) atoms. The Balaban J connectivity index is 0.000000585. The van der Waals surface area contributed by atoms with Crippen LogP contribution in [0.3, 0.4) is 0 Å². The average molecular weight is 337 g/mol. The van der Waals surface area contributed by atoms with Gasteiger partial charge in [0.1, 0.15) is 6.04 Å². The number of nitrogens with zero attached hydrogens (tertiary/aromatic N) is 2. The molecule has 0 saturated carbocycles. The van der Waals surface area contributed by atoms with Gasteiger partial charge in [-0.2, -0.15) is 18.4 Å². The molecule has 3 N–H and O–H groups in total. The Bertz CT molecular complexity index is 502. The number of hydrogen-bond donors (Lipinski definition) is 2. The van der Waals surface area contributed by atoms with E-state index in [0.29, 0.717) is 0 Å². The summed E-state index contributed by atoms with van der Waals surface area (Å²) >= 11 is 0. The van der Waals surface area contributed by atoms with E-state index in [1.807, 2.05) is 19.9 Å². The van der Waals surface area contributed by atoms with Crippen LogP contribution in [0.1, 0.15) is 26.7 Å². The lowest BCUT2D eigenvalue weighted by atomic mass is 9.99. The van der Waals surface area contributed by atoms with Crippen molar-refractivity contribution in [2.45, 2.75) is 44.9 Å². The van der Waals surface area contributed by atoms with E-state index in [0.717, 1.165) is 6.42 Å². The number of carboxylic acid groups (broad SMARTS) is 1. The van der Waals surface area contributed by atoms with Gasteiger partial charge in [-0.25, -0.2) is 4.79 Å². The smallest absolute Gasteiger partial charge is 0.475 e. The largest absolute Gasteiger partial charge is 0.490 e. The maximum absolute atomic E-state index is 12.0. The Kier molecular flexibility index (Phi) is 7.68. The van der Waals surface area contributed by atoms with Gasteiger partial charge in [0.05, 0.1) is 18.7 Å². The van der Waals surface area contributed by atoms with Gasteiger partial charge in [-0.3, -0.25) is 9.59 Å². The van der Waals surface area contributed by atoms with Gasteiger partial charge in [-0.15, -0.1) is 0 Å². The molecule has 0 aliphatic carbocycles. The van der Waals surface area contributed by atoms with E-state index < -0.39 is 24.2 Å². The highest BCUT2D eigenvalue weighted by molar-refractivity contribution is 5.92. The molecular weight excluding hydrogens is 319 g/mol. The van der Waals surface area contributed by atoms with Crippen molar-refractivity contribution in [3.63, 3.8) is 0 Å². The average Bonchev–Trinajstić information content (AvgIpc) is 2.85. The molecule has 1 saturated heterocycles. The Hall–Kier alpha value is -2.15. The summed E-state index contributed by atoms with van der Waals surface area (Å²) in [7, 11) is 0. The first-order chi connectivity index (χ1) is 10.4. The fourth-order valence-corrected chi connectivity index (χ4v) is 1.73. The number of nitriles is 1. The molecule has 0 aromatic carbocycles. The molecule has 0 spiro atoms. The Morgan fingerprint density at radius 1 is 1.52 bits per heavy atom. The van der Waals surface area contributed by atoms with Gasteiger partial charge in [0.2, 0.25) is 5.91 Å². The summed E-state index contributed by atoms with van der Waals surface area (Å²) in [6, 6.07) is 0.718. The highest BCUT2D eigenvalue weighted by atomic mass is 19.4. The number of aliphatic carboxylic acids is 1. The number of rotatable bonds is 3. The van der Waals surface area contributed by atoms with Crippen molar-refractivity contribution < 1.29 is 32.7 Å². The van der Waals surface area contributed by atoms with Crippen molar-refractivity contribution in [2.24, 2.45) is 11.7 Å². The zero-order chi connectivity index (χ0) is 18.4. The number of ketones is 1. The first-order valence-corrected chi connectivity index (χ1v) is 6.73. The van der Waals surface area contributed by atoms with Crippen LogP contribution < -0.4 is 5.73 Å². The normalized spacial score (nSPS) is 20.1. The molecule has 1 heterocycles. The topological polar surface area (TPSA) is 124 Å². The monoisotopic (exact) mass is 337 g/mol. The predicted molar refractivity (Wildman–Crippen MR) is 71.9 cm³/mol. The molecule has 130 valence electrons. The summed E-state index contributed by atoms with van der Waals surface area (Å²) in [6.07, 6.45) is -4.15. The van der Waals surface area contributed by atoms with Gasteiger partial charge in [-0.05, 0) is 5.92 Å². The molecule has 1 aliphatic heterocycles. The third-order valence-corrected chi connectivity index (χ3v) is 3.36. The fraction of sp³-hybridized carbons (Fsp3) is 0.692. The zero-order valence-corrected chi connectivity index (χ0v) is 12.6. The quantitative estimate of drug-likeness (QED) is 0.780. The number of likely N-dealkylation sites (tertiary alicyclic amines) is 1. The molecule has 1 amide bonds. The SMILES string of the molecule is CC[C@H](C)[C@H](N)C(=O)N1CC(=O)C[C@H]1C#N.O=C(O)C(F)(F)F. The van der Waals surface area contributed by atoms with Crippen LogP contribution in [0.4, 0.5) is 13.2 Å². The second-order valence-corrected chi connectivity index (χ2v) is 5.07. The van der Waals surface area contributed by atoms with Gasteiger partial charge in [-0.1, -0.05) is 20.3 Å². The number of Topliss-reactive ketones (excluding diaryl/α,β-unsaturated/α-hetero) is 1. The summed E-state index contributed by atoms with van der Waals surface area (Å²) in [5, 5.41) is 16.0. The van der Waals surface area contributed by atoms with E-state index in [-0.39, 0.29) is 30.6 Å². The number of carbonyl (C=O) groups is 3. The van der Waals surface area contributed by atoms with Crippen molar-refractivity contribution in [1.29, 1.82) is 5.26 Å². The van der Waals surface area contributed by atoms with Crippen LogP contribution in [0.5, 0.6) is 0 Å². The van der Waals surface area contributed by atoms with Crippen LogP contribution in [-0.4, -0.2) is 52.5 Å². The van der Waals surface area contributed by atoms with Gasteiger partial charge in [0, 0.05) is 6.42 Å². The van der Waals surface area contributed by atoms with Crippen LogP contribution in [0.25, 0.3) is 0 Å². The number of carboxylic acids is 1. The minimum Gasteiger partial charge on any atom is -0.475 e. The van der Waals surface area contributed by atoms with Gasteiger partial charge in [0.15, 0.2) is 5.78 Å². The van der Waals surface area contributed by atoms with Crippen LogP contribution in [0, 0.1) is 17.2 Å². The lowest BCUT2D eigenvalue weighted by Gasteiger charge is -2.25. The minimum atomic E-state index is -5.08. The fourth-order valence-electron chi connectivity index (χ4n) is 1.73. The summed E-state index contributed by atoms with van der Waals surface area (Å²) in [4.78, 5) is 33.4. The van der Waals surface area contributed by atoms with Crippen LogP contribution in [0.15, 0.2) is 0 Å². The molecular formula is C13H18F3N3O4. The molecule has 1 fully saturated rings. The molecule has 7 nitrogen and oxygen atoms in total.